The Morgan fingerprint density at radius 2 is 1.91 bits per heavy atom. The molecule has 0 fully saturated rings. The van der Waals surface area contributed by atoms with Crippen LogP contribution in [0.3, 0.4) is 0 Å². The van der Waals surface area contributed by atoms with E-state index in [1.54, 1.807) is 5.10 Å². The predicted molar refractivity (Wildman–Crippen MR) is 33.3 cm³/mol. The SMILES string of the molecule is Cc1n[nH]c(C(F)(F)F)n1.[NaH]. The summed E-state index contributed by atoms with van der Waals surface area (Å²) in [7, 11) is 0. The average molecular weight is 175 g/mol. The summed E-state index contributed by atoms with van der Waals surface area (Å²) >= 11 is 0. The average Bonchev–Trinajstić information content (AvgIpc) is 2.11. The van der Waals surface area contributed by atoms with E-state index in [4.69, 9.17) is 0 Å². The molecule has 0 atom stereocenters. The zero-order valence-electron chi connectivity index (χ0n) is 5.03. The fraction of sp³-hybridized carbons (Fsp3) is 0.500. The second-order valence-corrected chi connectivity index (χ2v) is 1.73. The van der Waals surface area contributed by atoms with E-state index in [0.29, 0.717) is 0 Å². The van der Waals surface area contributed by atoms with Gasteiger partial charge in [0, 0.05) is 0 Å². The van der Waals surface area contributed by atoms with Crippen LogP contribution in [0.25, 0.3) is 0 Å². The molecule has 0 unspecified atom stereocenters. The molecule has 11 heavy (non-hydrogen) atoms. The van der Waals surface area contributed by atoms with Crippen LogP contribution in [0.4, 0.5) is 13.2 Å². The van der Waals surface area contributed by atoms with Crippen LogP contribution < -0.4 is 0 Å². The van der Waals surface area contributed by atoms with Crippen LogP contribution >= 0.6 is 0 Å². The van der Waals surface area contributed by atoms with Gasteiger partial charge in [0.25, 0.3) is 0 Å². The van der Waals surface area contributed by atoms with E-state index < -0.39 is 12.0 Å². The summed E-state index contributed by atoms with van der Waals surface area (Å²) in [6.45, 7) is 1.38. The predicted octanol–water partition coefficient (Wildman–Crippen LogP) is 0.483. The third-order valence-electron chi connectivity index (χ3n) is 0.866. The van der Waals surface area contributed by atoms with E-state index in [0.717, 1.165) is 0 Å². The second-order valence-electron chi connectivity index (χ2n) is 1.73. The number of nitrogens with zero attached hydrogens (tertiary/aromatic N) is 2. The van der Waals surface area contributed by atoms with Crippen molar-refractivity contribution in [2.24, 2.45) is 0 Å². The normalized spacial score (nSPS) is 10.9. The van der Waals surface area contributed by atoms with E-state index in [2.05, 4.69) is 10.1 Å². The summed E-state index contributed by atoms with van der Waals surface area (Å²) in [5.74, 6) is -0.961. The maximum absolute atomic E-state index is 11.7. The number of alkyl halides is 3. The summed E-state index contributed by atoms with van der Waals surface area (Å²) in [6.07, 6.45) is -4.42. The topological polar surface area (TPSA) is 41.6 Å². The van der Waals surface area contributed by atoms with Gasteiger partial charge >= 0.3 is 35.7 Å². The number of H-pyrrole nitrogens is 1. The van der Waals surface area contributed by atoms with Gasteiger partial charge in [0.1, 0.15) is 5.82 Å². The molecule has 7 heteroatoms. The van der Waals surface area contributed by atoms with Gasteiger partial charge in [0.05, 0.1) is 0 Å². The van der Waals surface area contributed by atoms with Crippen LogP contribution in [0, 0.1) is 6.92 Å². The molecule has 3 nitrogen and oxygen atoms in total. The van der Waals surface area contributed by atoms with Crippen LogP contribution in [0.5, 0.6) is 0 Å². The summed E-state index contributed by atoms with van der Waals surface area (Å²) in [6, 6.07) is 0. The number of hydrogen-bond acceptors (Lipinski definition) is 2. The van der Waals surface area contributed by atoms with Crippen LogP contribution in [-0.4, -0.2) is 44.7 Å². The van der Waals surface area contributed by atoms with Gasteiger partial charge in [0.15, 0.2) is 0 Å². The first-order valence-corrected chi connectivity index (χ1v) is 2.46. The van der Waals surface area contributed by atoms with Crippen molar-refractivity contribution in [3.63, 3.8) is 0 Å². The molecule has 1 rings (SSSR count). The Bertz CT molecular complexity index is 231. The second kappa shape index (κ2) is 3.55. The molecule has 1 aromatic rings. The Labute approximate surface area is 82.7 Å². The summed E-state index contributed by atoms with van der Waals surface area (Å²) < 4.78 is 35.0. The van der Waals surface area contributed by atoms with E-state index in [1.165, 1.54) is 6.92 Å². The molecule has 1 N–H and O–H groups in total. The van der Waals surface area contributed by atoms with Crippen LogP contribution in [-0.2, 0) is 6.18 Å². The molecule has 1 heterocycles. The molecule has 0 radical (unpaired) electrons. The number of nitrogens with one attached hydrogen (secondary N) is 1. The third-order valence-corrected chi connectivity index (χ3v) is 0.866. The van der Waals surface area contributed by atoms with E-state index in [1.807, 2.05) is 0 Å². The number of aromatic amines is 1. The van der Waals surface area contributed by atoms with E-state index in [-0.39, 0.29) is 35.4 Å². The molecule has 1 aromatic heterocycles. The minimum absolute atomic E-state index is 0. The molecule has 0 amide bonds. The van der Waals surface area contributed by atoms with Gasteiger partial charge in [-0.2, -0.15) is 18.3 Å². The molecule has 58 valence electrons. The van der Waals surface area contributed by atoms with Crippen molar-refractivity contribution in [1.29, 1.82) is 0 Å². The molecule has 0 aromatic carbocycles. The standard InChI is InChI=1S/C4H4F3N3.Na.H/c1-2-8-3(10-9-2)4(5,6)7;;/h1H3,(H,8,9,10);;. The fourth-order valence-electron chi connectivity index (χ4n) is 0.472. The molecule has 0 saturated heterocycles. The Morgan fingerprint density at radius 3 is 2.09 bits per heavy atom. The van der Waals surface area contributed by atoms with Gasteiger partial charge in [-0.05, 0) is 6.92 Å². The molecular weight excluding hydrogens is 170 g/mol. The summed E-state index contributed by atoms with van der Waals surface area (Å²) in [4.78, 5) is 3.09. The van der Waals surface area contributed by atoms with Crippen molar-refractivity contribution in [1.82, 2.24) is 15.2 Å². The van der Waals surface area contributed by atoms with Crippen molar-refractivity contribution in [3.05, 3.63) is 11.6 Å². The van der Waals surface area contributed by atoms with Crippen molar-refractivity contribution in [2.45, 2.75) is 13.1 Å². The van der Waals surface area contributed by atoms with Crippen molar-refractivity contribution >= 4 is 29.6 Å². The Kier molecular flexibility index (Phi) is 3.53. The quantitative estimate of drug-likeness (QED) is 0.583. The summed E-state index contributed by atoms with van der Waals surface area (Å²) in [5, 5.41) is 4.99. The van der Waals surface area contributed by atoms with Gasteiger partial charge in [-0.15, -0.1) is 0 Å². The Hall–Kier alpha value is -0.0700. The van der Waals surface area contributed by atoms with E-state index in [9.17, 15) is 13.2 Å². The van der Waals surface area contributed by atoms with E-state index >= 15 is 0 Å². The Balaban J connectivity index is 0.000001000. The third kappa shape index (κ3) is 2.80. The van der Waals surface area contributed by atoms with Crippen LogP contribution in [0.2, 0.25) is 0 Å². The molecular formula is C4H5F3N3Na. The molecule has 0 aliphatic rings. The molecule has 0 bridgehead atoms. The Morgan fingerprint density at radius 1 is 1.36 bits per heavy atom. The molecule has 0 spiro atoms. The zero-order valence-corrected chi connectivity index (χ0v) is 5.03. The molecule has 0 saturated carbocycles. The van der Waals surface area contributed by atoms with Crippen molar-refractivity contribution < 1.29 is 13.2 Å². The number of halogens is 3. The van der Waals surface area contributed by atoms with Crippen molar-refractivity contribution in [2.75, 3.05) is 0 Å². The number of hydrogen-bond donors (Lipinski definition) is 1. The van der Waals surface area contributed by atoms with Gasteiger partial charge in [-0.1, -0.05) is 0 Å². The first-order chi connectivity index (χ1) is 4.50. The van der Waals surface area contributed by atoms with Gasteiger partial charge in [0.2, 0.25) is 5.82 Å². The number of aromatic nitrogens is 3. The first kappa shape index (κ1) is 10.9. The van der Waals surface area contributed by atoms with Gasteiger partial charge < -0.3 is 0 Å². The zero-order chi connectivity index (χ0) is 7.78. The molecule has 0 aliphatic heterocycles. The molecule has 0 aliphatic carbocycles. The van der Waals surface area contributed by atoms with Gasteiger partial charge in [-0.3, -0.25) is 5.10 Å². The van der Waals surface area contributed by atoms with Crippen LogP contribution in [0.15, 0.2) is 0 Å². The monoisotopic (exact) mass is 175 g/mol. The maximum atomic E-state index is 11.7. The first-order valence-electron chi connectivity index (χ1n) is 2.46. The number of rotatable bonds is 0. The minimum atomic E-state index is -4.42. The summed E-state index contributed by atoms with van der Waals surface area (Å²) in [5.41, 5.74) is 0. The van der Waals surface area contributed by atoms with Crippen molar-refractivity contribution in [3.8, 4) is 0 Å². The number of aryl methyl sites for hydroxylation is 1. The van der Waals surface area contributed by atoms with Gasteiger partial charge in [-0.25, -0.2) is 4.98 Å². The van der Waals surface area contributed by atoms with Crippen LogP contribution in [0.1, 0.15) is 11.6 Å². The fourth-order valence-corrected chi connectivity index (χ4v) is 0.472.